The van der Waals surface area contributed by atoms with Gasteiger partial charge in [0, 0.05) is 18.6 Å². The van der Waals surface area contributed by atoms with Crippen LogP contribution in [0.15, 0.2) is 59.6 Å². The Labute approximate surface area is 256 Å². The number of benzene rings is 2. The second-order valence-electron chi connectivity index (χ2n) is 10.1. The number of aliphatic imine (C=N–C) groups is 1. The third-order valence-electron chi connectivity index (χ3n) is 6.40. The number of carbonyl (C=O) groups is 3. The fourth-order valence-corrected chi connectivity index (χ4v) is 4.93. The molecule has 10 nitrogen and oxygen atoms in total. The monoisotopic (exact) mass is 629 g/mol. The summed E-state index contributed by atoms with van der Waals surface area (Å²) >= 11 is 1.33. The van der Waals surface area contributed by atoms with Gasteiger partial charge in [-0.3, -0.25) is 14.4 Å². The molecule has 0 saturated carbocycles. The molecule has 44 heavy (non-hydrogen) atoms. The molecule has 0 radical (unpaired) electrons. The van der Waals surface area contributed by atoms with E-state index in [1.807, 2.05) is 35.6 Å². The maximum atomic E-state index is 12.5. The van der Waals surface area contributed by atoms with Crippen LogP contribution in [-0.4, -0.2) is 45.6 Å². The van der Waals surface area contributed by atoms with Crippen LogP contribution in [-0.2, 0) is 33.6 Å². The van der Waals surface area contributed by atoms with E-state index in [9.17, 15) is 27.6 Å². The van der Waals surface area contributed by atoms with Crippen LogP contribution in [0.4, 0.5) is 18.3 Å². The summed E-state index contributed by atoms with van der Waals surface area (Å²) in [5.74, 6) is -2.62. The molecular formula is C30H34F3N7O3S. The number of anilines is 1. The molecule has 0 aliphatic heterocycles. The molecule has 3 rings (SSSR count). The molecule has 3 amide bonds. The zero-order valence-corrected chi connectivity index (χ0v) is 24.9. The Kier molecular flexibility index (Phi) is 12.7. The number of unbranched alkanes of at least 4 members (excludes halogenated alkanes) is 1. The number of rotatable bonds is 15. The number of alkyl halides is 3. The number of nitrogens with two attached hydrogens (primary N) is 1. The molecular weight excluding hydrogens is 595 g/mol. The quantitative estimate of drug-likeness (QED) is 0.104. The van der Waals surface area contributed by atoms with Gasteiger partial charge in [0.1, 0.15) is 10.8 Å². The van der Waals surface area contributed by atoms with Crippen molar-refractivity contribution >= 4 is 45.7 Å². The second-order valence-corrected chi connectivity index (χ2v) is 11.2. The largest absolute Gasteiger partial charge is 0.471 e. The van der Waals surface area contributed by atoms with E-state index in [0.29, 0.717) is 41.2 Å². The van der Waals surface area contributed by atoms with Crippen molar-refractivity contribution in [1.82, 2.24) is 15.5 Å². The second kappa shape index (κ2) is 16.4. The Morgan fingerprint density at radius 2 is 1.70 bits per heavy atom. The molecule has 0 spiro atoms. The van der Waals surface area contributed by atoms with Crippen LogP contribution >= 0.6 is 11.3 Å². The summed E-state index contributed by atoms with van der Waals surface area (Å²) in [6, 6.07) is 14.8. The molecule has 234 valence electrons. The predicted octanol–water partition coefficient (Wildman–Crippen LogP) is 5.10. The molecule has 14 heteroatoms. The van der Waals surface area contributed by atoms with Gasteiger partial charge in [0.05, 0.1) is 18.9 Å². The van der Waals surface area contributed by atoms with Crippen molar-refractivity contribution in [2.24, 2.45) is 10.7 Å². The molecule has 2 aromatic carbocycles. The van der Waals surface area contributed by atoms with E-state index >= 15 is 0 Å². The van der Waals surface area contributed by atoms with E-state index in [-0.39, 0.29) is 31.0 Å². The van der Waals surface area contributed by atoms with Crippen molar-refractivity contribution in [2.45, 2.75) is 70.5 Å². The number of hydrogen-bond acceptors (Lipinski definition) is 7. The lowest BCUT2D eigenvalue weighted by atomic mass is 10.0. The number of amides is 3. The van der Waals surface area contributed by atoms with Crippen LogP contribution in [0, 0.1) is 5.41 Å². The summed E-state index contributed by atoms with van der Waals surface area (Å²) < 4.78 is 37.6. The third-order valence-corrected chi connectivity index (χ3v) is 7.30. The topological polar surface area (TPSA) is 163 Å². The van der Waals surface area contributed by atoms with Gasteiger partial charge in [-0.05, 0) is 49.3 Å². The molecule has 0 aliphatic rings. The Bertz CT molecular complexity index is 1480. The maximum Gasteiger partial charge on any atom is 0.471 e. The Morgan fingerprint density at radius 3 is 2.43 bits per heavy atom. The molecule has 3 aromatic rings. The molecule has 0 bridgehead atoms. The average Bonchev–Trinajstić information content (AvgIpc) is 3.41. The molecule has 1 aromatic heterocycles. The third kappa shape index (κ3) is 12.0. The van der Waals surface area contributed by atoms with Gasteiger partial charge in [-0.2, -0.15) is 13.2 Å². The molecule has 1 unspecified atom stereocenters. The van der Waals surface area contributed by atoms with Crippen molar-refractivity contribution < 1.29 is 27.6 Å². The van der Waals surface area contributed by atoms with Gasteiger partial charge in [0.15, 0.2) is 0 Å². The van der Waals surface area contributed by atoms with Crippen molar-refractivity contribution in [1.29, 1.82) is 5.41 Å². The SMILES string of the molecule is CC(NC(=O)C(F)(F)F)c1cccc(CC(=O)N=C(N)CCC(=N)CCCCc2nnc(NC(=O)Cc3ccccc3)s2)c1. The minimum atomic E-state index is -4.99. The van der Waals surface area contributed by atoms with E-state index < -0.39 is 24.0 Å². The van der Waals surface area contributed by atoms with Gasteiger partial charge in [-0.1, -0.05) is 65.9 Å². The summed E-state index contributed by atoms with van der Waals surface area (Å²) in [5, 5.41) is 22.2. The number of amidine groups is 1. The standard InChI is InChI=1S/C30H34F3N7O3S/c1-19(36-28(43)30(31,32)33)22-11-7-10-21(16-22)18-25(41)37-24(35)15-14-23(34)12-5-6-13-27-39-40-29(44-27)38-26(42)17-20-8-3-2-4-9-20/h2-4,7-11,16,19,34H,5-6,12-15,17-18H2,1H3,(H,36,43)(H2,35,37,41)(H,38,40,42). The number of nitrogens with one attached hydrogen (secondary N) is 3. The van der Waals surface area contributed by atoms with E-state index in [0.717, 1.165) is 23.4 Å². The zero-order chi connectivity index (χ0) is 32.1. The minimum absolute atomic E-state index is 0.0948. The summed E-state index contributed by atoms with van der Waals surface area (Å²) in [7, 11) is 0. The van der Waals surface area contributed by atoms with Crippen molar-refractivity contribution in [3.63, 3.8) is 0 Å². The Morgan fingerprint density at radius 1 is 0.977 bits per heavy atom. The fraction of sp³-hybridized carbons (Fsp3) is 0.367. The van der Waals surface area contributed by atoms with Gasteiger partial charge < -0.3 is 21.8 Å². The summed E-state index contributed by atoms with van der Waals surface area (Å²) in [6.07, 6.45) is -1.49. The normalized spacial score (nSPS) is 12.4. The first-order valence-electron chi connectivity index (χ1n) is 13.9. The highest BCUT2D eigenvalue weighted by molar-refractivity contribution is 7.15. The highest BCUT2D eigenvalue weighted by atomic mass is 32.1. The van der Waals surface area contributed by atoms with Crippen LogP contribution in [0.3, 0.4) is 0 Å². The first-order valence-corrected chi connectivity index (χ1v) is 14.8. The van der Waals surface area contributed by atoms with Crippen molar-refractivity contribution in [3.05, 3.63) is 76.3 Å². The number of hydrogen-bond donors (Lipinski definition) is 4. The van der Waals surface area contributed by atoms with Crippen LogP contribution in [0.25, 0.3) is 0 Å². The first kappa shape index (κ1) is 34.0. The summed E-state index contributed by atoms with van der Waals surface area (Å²) in [6.45, 7) is 1.41. The zero-order valence-electron chi connectivity index (χ0n) is 24.1. The molecule has 1 atom stereocenters. The fourth-order valence-electron chi connectivity index (χ4n) is 4.13. The lowest BCUT2D eigenvalue weighted by Crippen LogP contribution is -2.38. The predicted molar refractivity (Wildman–Crippen MR) is 163 cm³/mol. The lowest BCUT2D eigenvalue weighted by Gasteiger charge is -2.16. The summed E-state index contributed by atoms with van der Waals surface area (Å²) in [4.78, 5) is 39.6. The molecule has 0 aliphatic carbocycles. The van der Waals surface area contributed by atoms with Crippen LogP contribution in [0.1, 0.15) is 66.8 Å². The molecule has 0 saturated heterocycles. The Balaban J connectivity index is 1.34. The highest BCUT2D eigenvalue weighted by Gasteiger charge is 2.39. The van der Waals surface area contributed by atoms with E-state index in [2.05, 4.69) is 20.5 Å². The van der Waals surface area contributed by atoms with Crippen LogP contribution in [0.5, 0.6) is 0 Å². The highest BCUT2D eigenvalue weighted by Crippen LogP contribution is 2.20. The minimum Gasteiger partial charge on any atom is -0.387 e. The Hall–Kier alpha value is -4.46. The van der Waals surface area contributed by atoms with Gasteiger partial charge in [-0.25, -0.2) is 4.99 Å². The molecule has 1 heterocycles. The lowest BCUT2D eigenvalue weighted by molar-refractivity contribution is -0.174. The number of aryl methyl sites for hydroxylation is 1. The van der Waals surface area contributed by atoms with Crippen LogP contribution < -0.4 is 16.4 Å². The maximum absolute atomic E-state index is 12.5. The number of aromatic nitrogens is 2. The van der Waals surface area contributed by atoms with E-state index in [1.165, 1.54) is 24.3 Å². The number of nitrogens with zero attached hydrogens (tertiary/aromatic N) is 3. The van der Waals surface area contributed by atoms with Crippen molar-refractivity contribution in [3.8, 4) is 0 Å². The number of carbonyl (C=O) groups excluding carboxylic acids is 3. The average molecular weight is 630 g/mol. The number of halogens is 3. The van der Waals surface area contributed by atoms with Gasteiger partial charge >= 0.3 is 12.1 Å². The van der Waals surface area contributed by atoms with Gasteiger partial charge in [-0.15, -0.1) is 10.2 Å². The first-order chi connectivity index (χ1) is 20.9. The molecule has 0 fully saturated rings. The van der Waals surface area contributed by atoms with E-state index in [1.54, 1.807) is 18.2 Å². The van der Waals surface area contributed by atoms with Crippen molar-refractivity contribution in [2.75, 3.05) is 5.32 Å². The summed E-state index contributed by atoms with van der Waals surface area (Å²) in [5.41, 5.74) is 8.21. The van der Waals surface area contributed by atoms with E-state index in [4.69, 9.17) is 11.1 Å². The van der Waals surface area contributed by atoms with Gasteiger partial charge in [0.25, 0.3) is 5.91 Å². The smallest absolute Gasteiger partial charge is 0.387 e. The van der Waals surface area contributed by atoms with Gasteiger partial charge in [0.2, 0.25) is 11.0 Å². The molecule has 5 N–H and O–H groups in total. The van der Waals surface area contributed by atoms with Crippen LogP contribution in [0.2, 0.25) is 0 Å².